The molecule has 1 aromatic carbocycles. The summed E-state index contributed by atoms with van der Waals surface area (Å²) in [6.07, 6.45) is 0. The number of nitrogens with one attached hydrogen (secondary N) is 2. The van der Waals surface area contributed by atoms with E-state index in [0.717, 1.165) is 0 Å². The number of nitrogens with two attached hydrogens (primary N) is 1. The molecule has 0 saturated carbocycles. The van der Waals surface area contributed by atoms with E-state index in [1.54, 1.807) is 24.3 Å². The first-order valence-electron chi connectivity index (χ1n) is 7.15. The highest BCUT2D eigenvalue weighted by Gasteiger charge is 2.09. The van der Waals surface area contributed by atoms with Crippen molar-refractivity contribution >= 4 is 11.8 Å². The smallest absolute Gasteiger partial charge is 0.251 e. The zero-order valence-electron chi connectivity index (χ0n) is 12.7. The van der Waals surface area contributed by atoms with Gasteiger partial charge in [-0.05, 0) is 18.2 Å². The van der Waals surface area contributed by atoms with Crippen molar-refractivity contribution in [2.24, 2.45) is 11.7 Å². The van der Waals surface area contributed by atoms with Crippen LogP contribution in [0.2, 0.25) is 0 Å². The Balaban J connectivity index is 2.50. The van der Waals surface area contributed by atoms with Gasteiger partial charge in [0.25, 0.3) is 5.91 Å². The highest BCUT2D eigenvalue weighted by Crippen LogP contribution is 2.14. The van der Waals surface area contributed by atoms with Crippen molar-refractivity contribution < 1.29 is 19.4 Å². The van der Waals surface area contributed by atoms with E-state index in [-0.39, 0.29) is 30.9 Å². The average molecular weight is 309 g/mol. The largest absolute Gasteiger partial charge is 0.493 e. The lowest BCUT2D eigenvalue weighted by atomic mass is 10.2. The molecular weight excluding hydrogens is 286 g/mol. The number of hydrogen-bond donors (Lipinski definition) is 4. The molecule has 1 rings (SSSR count). The van der Waals surface area contributed by atoms with Gasteiger partial charge < -0.3 is 26.2 Å². The highest BCUT2D eigenvalue weighted by molar-refractivity contribution is 5.96. The van der Waals surface area contributed by atoms with E-state index < -0.39 is 0 Å². The van der Waals surface area contributed by atoms with E-state index in [0.29, 0.717) is 31.0 Å². The third-order valence-electron chi connectivity index (χ3n) is 2.82. The van der Waals surface area contributed by atoms with Crippen molar-refractivity contribution in [3.8, 4) is 5.75 Å². The molecule has 2 amide bonds. The lowest BCUT2D eigenvalue weighted by Crippen LogP contribution is -2.38. The van der Waals surface area contributed by atoms with E-state index in [1.165, 1.54) is 0 Å². The van der Waals surface area contributed by atoms with E-state index in [1.807, 2.05) is 6.92 Å². The van der Waals surface area contributed by atoms with Gasteiger partial charge in [-0.2, -0.15) is 0 Å². The first kappa shape index (κ1) is 17.9. The Kier molecular flexibility index (Phi) is 7.95. The van der Waals surface area contributed by atoms with E-state index >= 15 is 0 Å². The summed E-state index contributed by atoms with van der Waals surface area (Å²) in [5, 5.41) is 14.0. The number of aliphatic hydroxyl groups is 1. The van der Waals surface area contributed by atoms with Crippen LogP contribution in [0.25, 0.3) is 0 Å². The van der Waals surface area contributed by atoms with E-state index in [4.69, 9.17) is 15.6 Å². The molecule has 0 spiro atoms. The molecule has 0 aliphatic heterocycles. The van der Waals surface area contributed by atoms with Crippen LogP contribution in [0, 0.1) is 5.92 Å². The minimum Gasteiger partial charge on any atom is -0.493 e. The molecule has 0 aromatic heterocycles. The van der Waals surface area contributed by atoms with Crippen LogP contribution in [0.4, 0.5) is 0 Å². The molecule has 1 atom stereocenters. The van der Waals surface area contributed by atoms with Crippen LogP contribution in [-0.2, 0) is 4.79 Å². The van der Waals surface area contributed by atoms with E-state index in [9.17, 15) is 9.59 Å². The van der Waals surface area contributed by atoms with Crippen LogP contribution in [0.1, 0.15) is 17.3 Å². The van der Waals surface area contributed by atoms with Crippen LogP contribution in [0.5, 0.6) is 5.75 Å². The molecule has 0 saturated heterocycles. The summed E-state index contributed by atoms with van der Waals surface area (Å²) in [7, 11) is 0. The molecule has 0 heterocycles. The summed E-state index contributed by atoms with van der Waals surface area (Å²) in [4.78, 5) is 23.3. The monoisotopic (exact) mass is 309 g/mol. The Bertz CT molecular complexity index is 493. The predicted molar refractivity (Wildman–Crippen MR) is 82.6 cm³/mol. The Morgan fingerprint density at radius 1 is 1.36 bits per heavy atom. The number of hydrogen-bond acceptors (Lipinski definition) is 5. The fourth-order valence-corrected chi connectivity index (χ4v) is 1.56. The maximum Gasteiger partial charge on any atom is 0.251 e. The number of benzene rings is 1. The van der Waals surface area contributed by atoms with Gasteiger partial charge in [0, 0.05) is 31.2 Å². The fourth-order valence-electron chi connectivity index (χ4n) is 1.56. The zero-order valence-corrected chi connectivity index (χ0v) is 12.7. The molecule has 0 radical (unpaired) electrons. The third-order valence-corrected chi connectivity index (χ3v) is 2.82. The Labute approximate surface area is 129 Å². The van der Waals surface area contributed by atoms with Crippen molar-refractivity contribution in [3.05, 3.63) is 29.8 Å². The van der Waals surface area contributed by atoms with Crippen molar-refractivity contribution in [1.82, 2.24) is 10.6 Å². The summed E-state index contributed by atoms with van der Waals surface area (Å²) >= 11 is 0. The third kappa shape index (κ3) is 6.55. The number of amides is 2. The van der Waals surface area contributed by atoms with Crippen molar-refractivity contribution in [2.75, 3.05) is 32.8 Å². The predicted octanol–water partition coefficient (Wildman–Crippen LogP) is -0.501. The minimum absolute atomic E-state index is 0.0173. The van der Waals surface area contributed by atoms with Crippen LogP contribution in [0.3, 0.4) is 0 Å². The topological polar surface area (TPSA) is 114 Å². The molecule has 7 heteroatoms. The first-order valence-corrected chi connectivity index (χ1v) is 7.15. The molecule has 0 aliphatic carbocycles. The van der Waals surface area contributed by atoms with Gasteiger partial charge in [0.1, 0.15) is 5.75 Å². The molecule has 7 nitrogen and oxygen atoms in total. The Hall–Kier alpha value is -2.12. The Morgan fingerprint density at radius 2 is 2.14 bits per heavy atom. The molecule has 0 fully saturated rings. The summed E-state index contributed by atoms with van der Waals surface area (Å²) in [6.45, 7) is 2.88. The van der Waals surface area contributed by atoms with Gasteiger partial charge in [-0.1, -0.05) is 13.0 Å². The Morgan fingerprint density at radius 3 is 2.82 bits per heavy atom. The maximum absolute atomic E-state index is 12.0. The van der Waals surface area contributed by atoms with Gasteiger partial charge in [0.05, 0.1) is 13.2 Å². The second-order valence-electron chi connectivity index (χ2n) is 4.95. The number of aliphatic hydroxyl groups excluding tert-OH is 1. The molecule has 0 bridgehead atoms. The summed E-state index contributed by atoms with van der Waals surface area (Å²) < 4.78 is 5.50. The molecule has 5 N–H and O–H groups in total. The minimum atomic E-state index is -0.358. The van der Waals surface area contributed by atoms with Crippen molar-refractivity contribution in [1.29, 1.82) is 0 Å². The first-order chi connectivity index (χ1) is 10.6. The molecule has 122 valence electrons. The summed E-state index contributed by atoms with van der Waals surface area (Å²) in [5.41, 5.74) is 5.67. The molecule has 1 aromatic rings. The lowest BCUT2D eigenvalue weighted by Gasteiger charge is -2.11. The quantitative estimate of drug-likeness (QED) is 0.491. The molecule has 0 aliphatic rings. The zero-order chi connectivity index (χ0) is 16.4. The van der Waals surface area contributed by atoms with Gasteiger partial charge in [-0.3, -0.25) is 9.59 Å². The number of carbonyl (C=O) groups is 2. The second kappa shape index (κ2) is 9.75. The summed E-state index contributed by atoms with van der Waals surface area (Å²) in [6, 6.07) is 6.66. The van der Waals surface area contributed by atoms with Crippen molar-refractivity contribution in [3.63, 3.8) is 0 Å². The normalized spacial score (nSPS) is 11.6. The second-order valence-corrected chi connectivity index (χ2v) is 4.95. The van der Waals surface area contributed by atoms with Crippen molar-refractivity contribution in [2.45, 2.75) is 6.92 Å². The molecular formula is C15H23N3O4. The van der Waals surface area contributed by atoms with Crippen LogP contribution in [-0.4, -0.2) is 49.8 Å². The summed E-state index contributed by atoms with van der Waals surface area (Å²) in [5.74, 6) is -0.0872. The number of rotatable bonds is 9. The van der Waals surface area contributed by atoms with Gasteiger partial charge >= 0.3 is 0 Å². The molecule has 0 unspecified atom stereocenters. The van der Waals surface area contributed by atoms with E-state index in [2.05, 4.69) is 10.6 Å². The number of carbonyl (C=O) groups excluding carboxylic acids is 2. The fraction of sp³-hybridized carbons (Fsp3) is 0.467. The SMILES string of the molecule is C[C@@H](CO)COc1cccc(C(=O)NCC(=O)NCCN)c1. The lowest BCUT2D eigenvalue weighted by molar-refractivity contribution is -0.120. The average Bonchev–Trinajstić information content (AvgIpc) is 2.55. The number of ether oxygens (including phenoxy) is 1. The van der Waals surface area contributed by atoms with Gasteiger partial charge in [-0.15, -0.1) is 0 Å². The standard InChI is InChI=1S/C15H23N3O4/c1-11(9-19)10-22-13-4-2-3-12(7-13)15(21)18-8-14(20)17-6-5-16/h2-4,7,11,19H,5-6,8-10,16H2,1H3,(H,17,20)(H,18,21)/t11-/m0/s1. The highest BCUT2D eigenvalue weighted by atomic mass is 16.5. The van der Waals surface area contributed by atoms with Gasteiger partial charge in [-0.25, -0.2) is 0 Å². The van der Waals surface area contributed by atoms with Crippen LogP contribution >= 0.6 is 0 Å². The van der Waals surface area contributed by atoms with Crippen LogP contribution in [0.15, 0.2) is 24.3 Å². The maximum atomic E-state index is 12.0. The van der Waals surface area contributed by atoms with Crippen LogP contribution < -0.4 is 21.1 Å². The van der Waals surface area contributed by atoms with Gasteiger partial charge in [0.15, 0.2) is 0 Å². The molecule has 22 heavy (non-hydrogen) atoms. The van der Waals surface area contributed by atoms with Gasteiger partial charge in [0.2, 0.25) is 5.91 Å².